The zero-order valence-corrected chi connectivity index (χ0v) is 40.3. The van der Waals surface area contributed by atoms with Crippen LogP contribution in [0.5, 0.6) is 0 Å². The highest BCUT2D eigenvalue weighted by Gasteiger charge is 2.24. The number of hydrogen-bond donors (Lipinski definition) is 3. The van der Waals surface area contributed by atoms with Crippen molar-refractivity contribution in [3.63, 3.8) is 0 Å². The lowest BCUT2D eigenvalue weighted by Gasteiger charge is -2.24. The zero-order valence-electron chi connectivity index (χ0n) is 40.3. The minimum atomic E-state index is -0.794. The van der Waals surface area contributed by atoms with E-state index in [1.807, 2.05) is 0 Å². The van der Waals surface area contributed by atoms with Gasteiger partial charge in [-0.2, -0.15) is 0 Å². The van der Waals surface area contributed by atoms with Crippen LogP contribution in [0, 0.1) is 0 Å². The van der Waals surface area contributed by atoms with Crippen molar-refractivity contribution in [3.8, 4) is 0 Å². The van der Waals surface area contributed by atoms with Crippen LogP contribution in [0.2, 0.25) is 0 Å². The van der Waals surface area contributed by atoms with Crippen LogP contribution in [0.15, 0.2) is 60.8 Å². The molecular weight excluding hydrogens is 755 g/mol. The Hall–Kier alpha value is -2.44. The molecule has 0 bridgehead atoms. The Labute approximate surface area is 378 Å². The molecule has 0 saturated carbocycles. The fourth-order valence-corrected chi connectivity index (χ4v) is 7.70. The Kier molecular flexibility index (Phi) is 46.6. The lowest BCUT2D eigenvalue weighted by molar-refractivity contribution is -0.151. The molecule has 3 atom stereocenters. The molecule has 6 heteroatoms. The molecule has 0 saturated heterocycles. The first kappa shape index (κ1) is 58.6. The number of nitrogens with one attached hydrogen (secondary N) is 1. The van der Waals surface area contributed by atoms with Crippen LogP contribution >= 0.6 is 0 Å². The standard InChI is InChI=1S/C55H99NO5/c1-4-7-10-13-16-19-22-24-25-26-27-28-29-31-33-36-39-42-45-48-55(60)61-51(46-43-40-37-34-32-30-23-20-17-14-11-8-5-2)49-54(59)56-52(50-57)53(58)47-44-41-38-35-21-18-15-12-9-6-3/h8,11,14,16-17,19-20,23-25,51-53,57-58H,4-7,9-10,12-13,15,18,21-22,26-50H2,1-3H3,(H,56,59)/b11-8+,17-14+,19-16-,23-20+,25-24-. The van der Waals surface area contributed by atoms with Gasteiger partial charge in [0.15, 0.2) is 0 Å². The number of carbonyl (C=O) groups excluding carboxylic acids is 2. The number of carbonyl (C=O) groups is 2. The van der Waals surface area contributed by atoms with E-state index in [-0.39, 0.29) is 24.9 Å². The summed E-state index contributed by atoms with van der Waals surface area (Å²) in [7, 11) is 0. The first-order chi connectivity index (χ1) is 30.0. The molecule has 0 rings (SSSR count). The summed E-state index contributed by atoms with van der Waals surface area (Å²) in [5.74, 6) is -0.497. The molecule has 0 spiro atoms. The fourth-order valence-electron chi connectivity index (χ4n) is 7.70. The minimum absolute atomic E-state index is 0.0613. The largest absolute Gasteiger partial charge is 0.462 e. The molecule has 354 valence electrons. The summed E-state index contributed by atoms with van der Waals surface area (Å²) in [6.07, 6.45) is 60.0. The van der Waals surface area contributed by atoms with Crippen molar-refractivity contribution < 1.29 is 24.5 Å². The highest BCUT2D eigenvalue weighted by molar-refractivity contribution is 5.77. The summed E-state index contributed by atoms with van der Waals surface area (Å²) >= 11 is 0. The Morgan fingerprint density at radius 2 is 0.951 bits per heavy atom. The second-order valence-electron chi connectivity index (χ2n) is 17.6. The lowest BCUT2D eigenvalue weighted by Crippen LogP contribution is -2.46. The van der Waals surface area contributed by atoms with Crippen molar-refractivity contribution in [1.82, 2.24) is 5.32 Å². The summed E-state index contributed by atoms with van der Waals surface area (Å²) in [6.45, 7) is 6.31. The second kappa shape index (κ2) is 48.6. The average molecular weight is 854 g/mol. The molecular formula is C55H99NO5. The van der Waals surface area contributed by atoms with Gasteiger partial charge in [-0.1, -0.05) is 223 Å². The van der Waals surface area contributed by atoms with E-state index in [9.17, 15) is 19.8 Å². The van der Waals surface area contributed by atoms with Crippen molar-refractivity contribution in [2.45, 2.75) is 270 Å². The molecule has 0 aliphatic heterocycles. The van der Waals surface area contributed by atoms with Crippen molar-refractivity contribution in [2.75, 3.05) is 6.61 Å². The van der Waals surface area contributed by atoms with Gasteiger partial charge >= 0.3 is 5.97 Å². The first-order valence-electron chi connectivity index (χ1n) is 26.0. The number of unbranched alkanes of at least 4 members (excludes halogenated alkanes) is 26. The summed E-state index contributed by atoms with van der Waals surface area (Å²) < 4.78 is 5.93. The second-order valence-corrected chi connectivity index (χ2v) is 17.6. The van der Waals surface area contributed by atoms with Crippen LogP contribution in [0.1, 0.15) is 252 Å². The Morgan fingerprint density at radius 1 is 0.508 bits per heavy atom. The number of esters is 1. The first-order valence-corrected chi connectivity index (χ1v) is 26.0. The molecule has 0 aromatic carbocycles. The average Bonchev–Trinajstić information content (AvgIpc) is 3.25. The van der Waals surface area contributed by atoms with E-state index >= 15 is 0 Å². The van der Waals surface area contributed by atoms with E-state index in [1.165, 1.54) is 116 Å². The topological polar surface area (TPSA) is 95.9 Å². The van der Waals surface area contributed by atoms with Crippen LogP contribution in [-0.2, 0) is 14.3 Å². The summed E-state index contributed by atoms with van der Waals surface area (Å²) in [5, 5.41) is 23.7. The smallest absolute Gasteiger partial charge is 0.306 e. The van der Waals surface area contributed by atoms with Crippen molar-refractivity contribution in [2.24, 2.45) is 0 Å². The number of ether oxygens (including phenoxy) is 1. The molecule has 0 aliphatic rings. The van der Waals surface area contributed by atoms with Gasteiger partial charge < -0.3 is 20.3 Å². The molecule has 0 aromatic rings. The highest BCUT2D eigenvalue weighted by Crippen LogP contribution is 2.18. The van der Waals surface area contributed by atoms with Gasteiger partial charge in [-0.15, -0.1) is 0 Å². The van der Waals surface area contributed by atoms with Crippen molar-refractivity contribution in [1.29, 1.82) is 0 Å². The van der Waals surface area contributed by atoms with E-state index in [2.05, 4.69) is 86.8 Å². The van der Waals surface area contributed by atoms with E-state index in [0.29, 0.717) is 19.3 Å². The summed E-state index contributed by atoms with van der Waals surface area (Å²) in [4.78, 5) is 26.1. The molecule has 61 heavy (non-hydrogen) atoms. The highest BCUT2D eigenvalue weighted by atomic mass is 16.5. The van der Waals surface area contributed by atoms with Gasteiger partial charge in [-0.3, -0.25) is 9.59 Å². The number of aliphatic hydroxyl groups is 2. The normalized spacial score (nSPS) is 13.7. The van der Waals surface area contributed by atoms with Gasteiger partial charge in [-0.25, -0.2) is 0 Å². The summed E-state index contributed by atoms with van der Waals surface area (Å²) in [6, 6.07) is -0.709. The van der Waals surface area contributed by atoms with Crippen LogP contribution < -0.4 is 5.32 Å². The lowest BCUT2D eigenvalue weighted by atomic mass is 10.0. The minimum Gasteiger partial charge on any atom is -0.462 e. The maximum atomic E-state index is 13.2. The monoisotopic (exact) mass is 854 g/mol. The predicted octanol–water partition coefficient (Wildman–Crippen LogP) is 15.6. The Morgan fingerprint density at radius 3 is 1.49 bits per heavy atom. The van der Waals surface area contributed by atoms with Crippen LogP contribution in [0.4, 0.5) is 0 Å². The van der Waals surface area contributed by atoms with E-state index in [0.717, 1.165) is 89.9 Å². The molecule has 0 radical (unpaired) electrons. The van der Waals surface area contributed by atoms with Crippen LogP contribution in [0.3, 0.4) is 0 Å². The van der Waals surface area contributed by atoms with Gasteiger partial charge in [-0.05, 0) is 77.0 Å². The Balaban J connectivity index is 4.55. The molecule has 0 fully saturated rings. The van der Waals surface area contributed by atoms with Crippen LogP contribution in [0.25, 0.3) is 0 Å². The van der Waals surface area contributed by atoms with Gasteiger partial charge in [0.25, 0.3) is 0 Å². The van der Waals surface area contributed by atoms with E-state index in [1.54, 1.807) is 0 Å². The number of rotatable bonds is 46. The van der Waals surface area contributed by atoms with Gasteiger partial charge in [0.1, 0.15) is 6.10 Å². The molecule has 0 heterocycles. The molecule has 0 aliphatic carbocycles. The SMILES string of the molecule is CC/C=C/C=C/C=C/CCCCCCCC(CC(=O)NC(CO)C(O)CCCCCCCCCCCC)OC(=O)CCCCCCCCCCC/C=C\C/C=C\CCCCC. The summed E-state index contributed by atoms with van der Waals surface area (Å²) in [5.41, 5.74) is 0. The molecule has 3 unspecified atom stereocenters. The number of amides is 1. The van der Waals surface area contributed by atoms with Gasteiger partial charge in [0, 0.05) is 6.42 Å². The Bertz CT molecular complexity index is 1090. The third kappa shape index (κ3) is 44.0. The quantitative estimate of drug-likeness (QED) is 0.0245. The van der Waals surface area contributed by atoms with E-state index in [4.69, 9.17) is 4.74 Å². The maximum absolute atomic E-state index is 13.2. The van der Waals surface area contributed by atoms with Crippen molar-refractivity contribution >= 4 is 11.9 Å². The predicted molar refractivity (Wildman–Crippen MR) is 264 cm³/mol. The van der Waals surface area contributed by atoms with Gasteiger partial charge in [0.05, 0.1) is 25.2 Å². The molecule has 3 N–H and O–H groups in total. The number of hydrogen-bond acceptors (Lipinski definition) is 5. The third-order valence-electron chi connectivity index (χ3n) is 11.6. The number of allylic oxidation sites excluding steroid dienone is 10. The van der Waals surface area contributed by atoms with Crippen LogP contribution in [-0.4, -0.2) is 46.9 Å². The maximum Gasteiger partial charge on any atom is 0.306 e. The van der Waals surface area contributed by atoms with E-state index < -0.39 is 18.2 Å². The molecule has 0 aromatic heterocycles. The third-order valence-corrected chi connectivity index (χ3v) is 11.6. The zero-order chi connectivity index (χ0) is 44.5. The molecule has 1 amide bonds. The number of aliphatic hydroxyl groups excluding tert-OH is 2. The van der Waals surface area contributed by atoms with Crippen molar-refractivity contribution in [3.05, 3.63) is 60.8 Å². The fraction of sp³-hybridized carbons (Fsp3) is 0.782. The molecule has 6 nitrogen and oxygen atoms in total. The van der Waals surface area contributed by atoms with Gasteiger partial charge in [0.2, 0.25) is 5.91 Å².